The van der Waals surface area contributed by atoms with Crippen molar-refractivity contribution in [2.45, 2.75) is 38.5 Å². The molecule has 0 saturated heterocycles. The van der Waals surface area contributed by atoms with Gasteiger partial charge in [-0.05, 0) is 25.0 Å². The van der Waals surface area contributed by atoms with E-state index in [1.54, 1.807) is 11.8 Å². The summed E-state index contributed by atoms with van der Waals surface area (Å²) in [5, 5.41) is 8.59. The zero-order valence-electron chi connectivity index (χ0n) is 11.3. The predicted octanol–water partition coefficient (Wildman–Crippen LogP) is 3.85. The van der Waals surface area contributed by atoms with Gasteiger partial charge in [0.25, 0.3) is 11.1 Å². The first-order valence-corrected chi connectivity index (χ1v) is 7.41. The Kier molecular flexibility index (Phi) is 5.27. The summed E-state index contributed by atoms with van der Waals surface area (Å²) in [5.41, 5.74) is 1.10. The van der Waals surface area contributed by atoms with Gasteiger partial charge in [-0.1, -0.05) is 43.3 Å². The molecule has 2 aromatic rings. The molecule has 0 saturated carbocycles. The predicted molar refractivity (Wildman–Crippen MR) is 75.4 cm³/mol. The molecule has 0 aliphatic heterocycles. The summed E-state index contributed by atoms with van der Waals surface area (Å²) in [5.74, 6) is 2.37. The van der Waals surface area contributed by atoms with E-state index < -0.39 is 0 Å². The first-order valence-electron chi connectivity index (χ1n) is 6.43. The number of hydrogen-bond acceptors (Lipinski definition) is 5. The van der Waals surface area contributed by atoms with Crippen molar-refractivity contribution in [3.8, 4) is 5.75 Å². The Morgan fingerprint density at radius 3 is 2.89 bits per heavy atom. The Balaban J connectivity index is 1.85. The molecule has 0 fully saturated rings. The van der Waals surface area contributed by atoms with E-state index in [1.165, 1.54) is 6.42 Å². The molecule has 0 bridgehead atoms. The molecule has 0 atom stereocenters. The average molecular weight is 278 g/mol. The number of ether oxygens (including phenoxy) is 1. The van der Waals surface area contributed by atoms with Crippen LogP contribution in [0.15, 0.2) is 33.9 Å². The van der Waals surface area contributed by atoms with E-state index in [4.69, 9.17) is 9.15 Å². The Labute approximate surface area is 117 Å². The van der Waals surface area contributed by atoms with Crippen LogP contribution in [0.1, 0.15) is 31.2 Å². The van der Waals surface area contributed by atoms with E-state index in [0.717, 1.165) is 23.5 Å². The van der Waals surface area contributed by atoms with Crippen LogP contribution in [-0.4, -0.2) is 16.0 Å². The van der Waals surface area contributed by atoms with E-state index in [9.17, 15) is 0 Å². The van der Waals surface area contributed by atoms with Gasteiger partial charge in [-0.25, -0.2) is 0 Å². The van der Waals surface area contributed by atoms with Crippen LogP contribution in [0.5, 0.6) is 5.75 Å². The average Bonchev–Trinajstić information content (AvgIpc) is 2.86. The molecule has 0 N–H and O–H groups in total. The van der Waals surface area contributed by atoms with Crippen LogP contribution >= 0.6 is 11.8 Å². The van der Waals surface area contributed by atoms with Crippen LogP contribution in [0.25, 0.3) is 0 Å². The van der Waals surface area contributed by atoms with Crippen molar-refractivity contribution in [2.75, 3.05) is 5.75 Å². The van der Waals surface area contributed by atoms with Crippen LogP contribution in [0.2, 0.25) is 0 Å². The van der Waals surface area contributed by atoms with Crippen molar-refractivity contribution >= 4 is 11.8 Å². The fourth-order valence-corrected chi connectivity index (χ4v) is 2.38. The number of rotatable bonds is 7. The molecule has 1 aromatic heterocycles. The summed E-state index contributed by atoms with van der Waals surface area (Å²) in [4.78, 5) is 0. The maximum atomic E-state index is 5.66. The highest BCUT2D eigenvalue weighted by molar-refractivity contribution is 7.99. The van der Waals surface area contributed by atoms with Crippen molar-refractivity contribution in [3.05, 3.63) is 35.7 Å². The summed E-state index contributed by atoms with van der Waals surface area (Å²) in [6.07, 6.45) is 2.33. The van der Waals surface area contributed by atoms with Gasteiger partial charge < -0.3 is 9.15 Å². The number of unbranched alkanes of at least 4 members (excludes halogenated alkanes) is 1. The minimum atomic E-state index is 0.312. The quantitative estimate of drug-likeness (QED) is 0.568. The molecule has 1 aromatic carbocycles. The zero-order chi connectivity index (χ0) is 13.5. The monoisotopic (exact) mass is 278 g/mol. The third kappa shape index (κ3) is 4.28. The third-order valence-corrected chi connectivity index (χ3v) is 3.52. The van der Waals surface area contributed by atoms with E-state index >= 15 is 0 Å². The van der Waals surface area contributed by atoms with Crippen molar-refractivity contribution < 1.29 is 9.15 Å². The van der Waals surface area contributed by atoms with Crippen molar-refractivity contribution in [2.24, 2.45) is 0 Å². The normalized spacial score (nSPS) is 10.6. The van der Waals surface area contributed by atoms with Gasteiger partial charge in [-0.3, -0.25) is 0 Å². The molecule has 0 amide bonds. The molecular weight excluding hydrogens is 260 g/mol. The van der Waals surface area contributed by atoms with Gasteiger partial charge in [0.1, 0.15) is 5.75 Å². The van der Waals surface area contributed by atoms with Gasteiger partial charge in [-0.2, -0.15) is 0 Å². The fraction of sp³-hybridized carbons (Fsp3) is 0.429. The molecule has 0 aliphatic carbocycles. The number of aryl methyl sites for hydroxylation is 1. The molecule has 19 heavy (non-hydrogen) atoms. The topological polar surface area (TPSA) is 48.2 Å². The molecule has 0 unspecified atom stereocenters. The molecule has 5 heteroatoms. The smallest absolute Gasteiger partial charge is 0.276 e. The second-order valence-corrected chi connectivity index (χ2v) is 5.26. The van der Waals surface area contributed by atoms with Crippen LogP contribution in [0, 0.1) is 6.92 Å². The number of benzene rings is 1. The summed E-state index contributed by atoms with van der Waals surface area (Å²) < 4.78 is 11.2. The lowest BCUT2D eigenvalue weighted by Crippen LogP contribution is -1.97. The summed E-state index contributed by atoms with van der Waals surface area (Å²) >= 11 is 1.59. The van der Waals surface area contributed by atoms with Gasteiger partial charge in [0, 0.05) is 5.75 Å². The fourth-order valence-electron chi connectivity index (χ4n) is 1.52. The first kappa shape index (κ1) is 13.9. The molecule has 1 heterocycles. The van der Waals surface area contributed by atoms with Crippen LogP contribution < -0.4 is 4.74 Å². The molecule has 102 valence electrons. The number of aromatic nitrogens is 2. The van der Waals surface area contributed by atoms with Gasteiger partial charge in [0.2, 0.25) is 0 Å². The van der Waals surface area contributed by atoms with Crippen LogP contribution in [-0.2, 0) is 6.61 Å². The lowest BCUT2D eigenvalue weighted by molar-refractivity contribution is 0.251. The largest absolute Gasteiger partial charge is 0.484 e. The van der Waals surface area contributed by atoms with Crippen LogP contribution in [0.3, 0.4) is 0 Å². The second-order valence-electron chi connectivity index (χ2n) is 4.22. The van der Waals surface area contributed by atoms with E-state index in [-0.39, 0.29) is 0 Å². The summed E-state index contributed by atoms with van der Waals surface area (Å²) in [6.45, 7) is 4.48. The number of nitrogens with zero attached hydrogens (tertiary/aromatic N) is 2. The number of thioether (sulfide) groups is 1. The third-order valence-electron chi connectivity index (χ3n) is 2.62. The molecular formula is C14H18N2O2S. The highest BCUT2D eigenvalue weighted by Gasteiger charge is 2.07. The molecule has 0 radical (unpaired) electrons. The van der Waals surface area contributed by atoms with E-state index in [2.05, 4.69) is 17.1 Å². The lowest BCUT2D eigenvalue weighted by atomic mass is 10.2. The van der Waals surface area contributed by atoms with Crippen molar-refractivity contribution in [3.63, 3.8) is 0 Å². The highest BCUT2D eigenvalue weighted by atomic mass is 32.2. The van der Waals surface area contributed by atoms with Crippen molar-refractivity contribution in [1.29, 1.82) is 0 Å². The highest BCUT2D eigenvalue weighted by Crippen LogP contribution is 2.20. The Hall–Kier alpha value is -1.49. The standard InChI is InChI=1S/C14H18N2O2S/c1-3-4-9-19-14-16-15-13(18-14)10-17-12-8-6-5-7-11(12)2/h5-8H,3-4,9-10H2,1-2H3. The van der Waals surface area contributed by atoms with E-state index in [1.807, 2.05) is 31.2 Å². The summed E-state index contributed by atoms with van der Waals surface area (Å²) in [7, 11) is 0. The van der Waals surface area contributed by atoms with Gasteiger partial charge in [0.15, 0.2) is 6.61 Å². The summed E-state index contributed by atoms with van der Waals surface area (Å²) in [6, 6.07) is 7.87. The molecule has 0 spiro atoms. The minimum absolute atomic E-state index is 0.312. The Bertz CT molecular complexity index is 514. The SMILES string of the molecule is CCCCSc1nnc(COc2ccccc2C)o1. The maximum Gasteiger partial charge on any atom is 0.276 e. The van der Waals surface area contributed by atoms with Crippen molar-refractivity contribution in [1.82, 2.24) is 10.2 Å². The first-order chi connectivity index (χ1) is 9.29. The maximum absolute atomic E-state index is 5.66. The molecule has 0 aliphatic rings. The number of hydrogen-bond donors (Lipinski definition) is 0. The number of para-hydroxylation sites is 1. The van der Waals surface area contributed by atoms with Gasteiger partial charge >= 0.3 is 0 Å². The molecule has 4 nitrogen and oxygen atoms in total. The lowest BCUT2D eigenvalue weighted by Gasteiger charge is -2.05. The van der Waals surface area contributed by atoms with Gasteiger partial charge in [0.05, 0.1) is 0 Å². The zero-order valence-corrected chi connectivity index (χ0v) is 12.1. The second kappa shape index (κ2) is 7.19. The Morgan fingerprint density at radius 2 is 2.11 bits per heavy atom. The van der Waals surface area contributed by atoms with E-state index in [0.29, 0.717) is 17.7 Å². The van der Waals surface area contributed by atoms with Crippen LogP contribution in [0.4, 0.5) is 0 Å². The Morgan fingerprint density at radius 1 is 1.26 bits per heavy atom. The minimum Gasteiger partial charge on any atom is -0.484 e. The molecule has 2 rings (SSSR count). The van der Waals surface area contributed by atoms with Gasteiger partial charge in [-0.15, -0.1) is 10.2 Å².